The molecule has 1 N–H and O–H groups in total. The molecule has 0 fully saturated rings. The average Bonchev–Trinajstić information content (AvgIpc) is 2.47. The van der Waals surface area contributed by atoms with E-state index >= 15 is 0 Å². The van der Waals surface area contributed by atoms with Crippen molar-refractivity contribution in [2.45, 2.75) is 26.2 Å². The van der Waals surface area contributed by atoms with Gasteiger partial charge < -0.3 is 10.1 Å². The number of carbonyl (C=O) groups is 1. The monoisotopic (exact) mass is 283 g/mol. The van der Waals surface area contributed by atoms with Crippen molar-refractivity contribution in [1.29, 1.82) is 0 Å². The quantitative estimate of drug-likeness (QED) is 0.900. The third-order valence-corrected chi connectivity index (χ3v) is 3.36. The van der Waals surface area contributed by atoms with Crippen molar-refractivity contribution in [2.24, 2.45) is 0 Å². The summed E-state index contributed by atoms with van der Waals surface area (Å²) in [4.78, 5) is 12.0. The number of benzene rings is 2. The van der Waals surface area contributed by atoms with E-state index in [2.05, 4.69) is 31.3 Å². The van der Waals surface area contributed by atoms with Crippen LogP contribution in [0.4, 0.5) is 5.69 Å². The van der Waals surface area contributed by atoms with E-state index < -0.39 is 0 Å². The molecule has 0 aliphatic carbocycles. The summed E-state index contributed by atoms with van der Waals surface area (Å²) in [6, 6.07) is 15.5. The van der Waals surface area contributed by atoms with E-state index in [0.717, 1.165) is 17.0 Å². The molecule has 0 aromatic heterocycles. The third kappa shape index (κ3) is 4.35. The van der Waals surface area contributed by atoms with E-state index in [-0.39, 0.29) is 5.91 Å². The van der Waals surface area contributed by atoms with Gasteiger partial charge in [-0.3, -0.25) is 4.79 Å². The predicted molar refractivity (Wildman–Crippen MR) is 85.9 cm³/mol. The molecular weight excluding hydrogens is 262 g/mol. The molecule has 0 heterocycles. The van der Waals surface area contributed by atoms with Crippen LogP contribution < -0.4 is 10.1 Å². The van der Waals surface area contributed by atoms with Gasteiger partial charge >= 0.3 is 0 Å². The Morgan fingerprint density at radius 2 is 1.86 bits per heavy atom. The summed E-state index contributed by atoms with van der Waals surface area (Å²) in [5.41, 5.74) is 3.05. The van der Waals surface area contributed by atoms with Gasteiger partial charge in [-0.15, -0.1) is 0 Å². The van der Waals surface area contributed by atoms with Crippen molar-refractivity contribution in [3.63, 3.8) is 0 Å². The van der Waals surface area contributed by atoms with Crippen LogP contribution in [0.1, 0.15) is 30.9 Å². The van der Waals surface area contributed by atoms with Crippen LogP contribution in [0, 0.1) is 0 Å². The summed E-state index contributed by atoms with van der Waals surface area (Å²) in [6.07, 6.45) is 0.371. The summed E-state index contributed by atoms with van der Waals surface area (Å²) in [6.45, 7) is 4.31. The molecule has 3 heteroatoms. The Kier molecular flexibility index (Phi) is 4.99. The van der Waals surface area contributed by atoms with Crippen LogP contribution in [0.25, 0.3) is 0 Å². The highest BCUT2D eigenvalue weighted by Gasteiger charge is 2.06. The fourth-order valence-electron chi connectivity index (χ4n) is 2.11. The zero-order valence-electron chi connectivity index (χ0n) is 12.7. The summed E-state index contributed by atoms with van der Waals surface area (Å²) < 4.78 is 5.14. The number of amides is 1. The highest BCUT2D eigenvalue weighted by Crippen LogP contribution is 2.18. The van der Waals surface area contributed by atoms with Crippen molar-refractivity contribution in [1.82, 2.24) is 0 Å². The summed E-state index contributed by atoms with van der Waals surface area (Å²) in [5.74, 6) is 1.21. The zero-order valence-corrected chi connectivity index (χ0v) is 12.7. The van der Waals surface area contributed by atoms with E-state index in [1.807, 2.05) is 30.3 Å². The molecule has 0 radical (unpaired) electrons. The summed E-state index contributed by atoms with van der Waals surface area (Å²) in [7, 11) is 1.61. The molecule has 110 valence electrons. The Labute approximate surface area is 126 Å². The van der Waals surface area contributed by atoms with Gasteiger partial charge in [0.1, 0.15) is 5.75 Å². The molecule has 0 saturated carbocycles. The molecule has 0 saturated heterocycles. The van der Waals surface area contributed by atoms with Gasteiger partial charge in [-0.1, -0.05) is 44.2 Å². The SMILES string of the molecule is COc1cccc(NC(=O)Cc2ccc(C(C)C)cc2)c1. The Morgan fingerprint density at radius 1 is 1.14 bits per heavy atom. The third-order valence-electron chi connectivity index (χ3n) is 3.36. The van der Waals surface area contributed by atoms with Gasteiger partial charge in [-0.25, -0.2) is 0 Å². The average molecular weight is 283 g/mol. The van der Waals surface area contributed by atoms with Crippen molar-refractivity contribution >= 4 is 11.6 Å². The van der Waals surface area contributed by atoms with E-state index in [9.17, 15) is 4.79 Å². The number of ether oxygens (including phenoxy) is 1. The minimum atomic E-state index is -0.0273. The maximum atomic E-state index is 12.0. The van der Waals surface area contributed by atoms with Gasteiger partial charge in [0.2, 0.25) is 5.91 Å². The van der Waals surface area contributed by atoms with Crippen molar-refractivity contribution in [3.8, 4) is 5.75 Å². The van der Waals surface area contributed by atoms with Crippen LogP contribution >= 0.6 is 0 Å². The molecule has 0 atom stereocenters. The van der Waals surface area contributed by atoms with Crippen molar-refractivity contribution < 1.29 is 9.53 Å². The Hall–Kier alpha value is -2.29. The van der Waals surface area contributed by atoms with E-state index in [0.29, 0.717) is 12.3 Å². The normalized spacial score (nSPS) is 10.5. The number of hydrogen-bond acceptors (Lipinski definition) is 2. The molecule has 0 unspecified atom stereocenters. The lowest BCUT2D eigenvalue weighted by molar-refractivity contribution is -0.115. The lowest BCUT2D eigenvalue weighted by Crippen LogP contribution is -2.14. The topological polar surface area (TPSA) is 38.3 Å². The van der Waals surface area contributed by atoms with Crippen LogP contribution in [0.5, 0.6) is 5.75 Å². The van der Waals surface area contributed by atoms with E-state index in [4.69, 9.17) is 4.74 Å². The smallest absolute Gasteiger partial charge is 0.228 e. The number of methoxy groups -OCH3 is 1. The van der Waals surface area contributed by atoms with Crippen molar-refractivity contribution in [2.75, 3.05) is 12.4 Å². The fraction of sp³-hybridized carbons (Fsp3) is 0.278. The molecule has 2 rings (SSSR count). The fourth-order valence-corrected chi connectivity index (χ4v) is 2.11. The first-order valence-corrected chi connectivity index (χ1v) is 7.11. The first-order valence-electron chi connectivity index (χ1n) is 7.11. The minimum Gasteiger partial charge on any atom is -0.497 e. The second-order valence-corrected chi connectivity index (χ2v) is 5.35. The molecule has 3 nitrogen and oxygen atoms in total. The van der Waals surface area contributed by atoms with Gasteiger partial charge in [-0.05, 0) is 29.2 Å². The van der Waals surface area contributed by atoms with Gasteiger partial charge in [0.25, 0.3) is 0 Å². The number of hydrogen-bond donors (Lipinski definition) is 1. The Morgan fingerprint density at radius 3 is 2.48 bits per heavy atom. The van der Waals surface area contributed by atoms with Crippen LogP contribution in [-0.4, -0.2) is 13.0 Å². The second kappa shape index (κ2) is 6.93. The lowest BCUT2D eigenvalue weighted by Gasteiger charge is -2.08. The van der Waals surface area contributed by atoms with Crippen LogP contribution in [0.2, 0.25) is 0 Å². The number of nitrogens with one attached hydrogen (secondary N) is 1. The first kappa shape index (κ1) is 15.1. The van der Waals surface area contributed by atoms with E-state index in [1.165, 1.54) is 5.56 Å². The molecule has 0 bridgehead atoms. The highest BCUT2D eigenvalue weighted by molar-refractivity contribution is 5.92. The maximum absolute atomic E-state index is 12.0. The summed E-state index contributed by atoms with van der Waals surface area (Å²) >= 11 is 0. The highest BCUT2D eigenvalue weighted by atomic mass is 16.5. The van der Waals surface area contributed by atoms with Crippen molar-refractivity contribution in [3.05, 3.63) is 59.7 Å². The molecule has 0 aliphatic heterocycles. The van der Waals surface area contributed by atoms with Crippen LogP contribution in [0.3, 0.4) is 0 Å². The largest absolute Gasteiger partial charge is 0.497 e. The van der Waals surface area contributed by atoms with Gasteiger partial charge in [-0.2, -0.15) is 0 Å². The van der Waals surface area contributed by atoms with Crippen LogP contribution in [-0.2, 0) is 11.2 Å². The summed E-state index contributed by atoms with van der Waals surface area (Å²) in [5, 5.41) is 2.88. The molecule has 0 aliphatic rings. The molecule has 2 aromatic rings. The van der Waals surface area contributed by atoms with Gasteiger partial charge in [0.15, 0.2) is 0 Å². The molecule has 0 spiro atoms. The Bertz CT molecular complexity index is 603. The molecule has 2 aromatic carbocycles. The number of carbonyl (C=O) groups excluding carboxylic acids is 1. The molecular formula is C18H21NO2. The van der Waals surface area contributed by atoms with Gasteiger partial charge in [0.05, 0.1) is 13.5 Å². The number of rotatable bonds is 5. The van der Waals surface area contributed by atoms with E-state index in [1.54, 1.807) is 13.2 Å². The number of anilines is 1. The van der Waals surface area contributed by atoms with Gasteiger partial charge in [0, 0.05) is 11.8 Å². The maximum Gasteiger partial charge on any atom is 0.228 e. The zero-order chi connectivity index (χ0) is 15.2. The predicted octanol–water partition coefficient (Wildman–Crippen LogP) is 4.00. The second-order valence-electron chi connectivity index (χ2n) is 5.35. The first-order chi connectivity index (χ1) is 10.1. The standard InChI is InChI=1S/C18H21NO2/c1-13(2)15-9-7-14(8-10-15)11-18(20)19-16-5-4-6-17(12-16)21-3/h4-10,12-13H,11H2,1-3H3,(H,19,20). The lowest BCUT2D eigenvalue weighted by atomic mass is 10.0. The Balaban J connectivity index is 1.97. The molecule has 21 heavy (non-hydrogen) atoms. The minimum absolute atomic E-state index is 0.0273. The van der Waals surface area contributed by atoms with Crippen LogP contribution in [0.15, 0.2) is 48.5 Å². The molecule has 1 amide bonds.